The van der Waals surface area contributed by atoms with Gasteiger partial charge in [0.15, 0.2) is 11.7 Å². The molecular weight excluding hydrogens is 418 g/mol. The molecular formula is C22H21N3O5S. The largest absolute Gasteiger partial charge is 0.440 e. The Kier molecular flexibility index (Phi) is 4.99. The van der Waals surface area contributed by atoms with Gasteiger partial charge in [-0.05, 0) is 61.4 Å². The Hall–Kier alpha value is -3.17. The number of benzene rings is 2. The zero-order valence-corrected chi connectivity index (χ0v) is 17.5. The van der Waals surface area contributed by atoms with Crippen LogP contribution in [0.4, 0.5) is 11.4 Å². The summed E-state index contributed by atoms with van der Waals surface area (Å²) in [7, 11) is -3.76. The van der Waals surface area contributed by atoms with Crippen molar-refractivity contribution in [3.05, 3.63) is 60.6 Å². The van der Waals surface area contributed by atoms with Crippen molar-refractivity contribution in [1.29, 1.82) is 0 Å². The van der Waals surface area contributed by atoms with E-state index in [0.29, 0.717) is 36.2 Å². The van der Waals surface area contributed by atoms with Crippen LogP contribution in [-0.4, -0.2) is 39.1 Å². The number of hydrogen-bond acceptors (Lipinski definition) is 6. The molecule has 1 amide bonds. The SMILES string of the molecule is O=C1COCCN1c1ccc(NS(=O)(=O)c2ccc(-c3cnc(C4CC4)o3)cc2)cc1. The molecule has 2 aliphatic rings. The van der Waals surface area contributed by atoms with E-state index in [4.69, 9.17) is 9.15 Å². The number of nitrogens with zero attached hydrogens (tertiary/aromatic N) is 2. The van der Waals surface area contributed by atoms with Gasteiger partial charge in [-0.25, -0.2) is 13.4 Å². The number of amides is 1. The van der Waals surface area contributed by atoms with Gasteiger partial charge in [-0.15, -0.1) is 0 Å². The number of aromatic nitrogens is 1. The minimum absolute atomic E-state index is 0.0559. The van der Waals surface area contributed by atoms with Gasteiger partial charge in [0.05, 0.1) is 17.7 Å². The predicted molar refractivity (Wildman–Crippen MR) is 114 cm³/mol. The van der Waals surface area contributed by atoms with E-state index in [1.807, 2.05) is 0 Å². The highest BCUT2D eigenvalue weighted by atomic mass is 32.2. The van der Waals surface area contributed by atoms with Crippen LogP contribution >= 0.6 is 0 Å². The fraction of sp³-hybridized carbons (Fsp3) is 0.273. The molecule has 31 heavy (non-hydrogen) atoms. The van der Waals surface area contributed by atoms with E-state index in [1.54, 1.807) is 47.5 Å². The molecule has 8 nitrogen and oxygen atoms in total. The summed E-state index contributed by atoms with van der Waals surface area (Å²) in [6.45, 7) is 1.01. The molecule has 160 valence electrons. The second kappa shape index (κ2) is 7.82. The van der Waals surface area contributed by atoms with Gasteiger partial charge in [-0.1, -0.05) is 0 Å². The number of oxazole rings is 1. The quantitative estimate of drug-likeness (QED) is 0.632. The number of morpholine rings is 1. The van der Waals surface area contributed by atoms with Crippen molar-refractivity contribution in [3.63, 3.8) is 0 Å². The molecule has 0 atom stereocenters. The van der Waals surface area contributed by atoms with Gasteiger partial charge >= 0.3 is 0 Å². The molecule has 3 aromatic rings. The first-order valence-corrected chi connectivity index (χ1v) is 11.5. The van der Waals surface area contributed by atoms with Crippen LogP contribution in [0.15, 0.2) is 64.0 Å². The fourth-order valence-electron chi connectivity index (χ4n) is 3.45. The standard InChI is InChI=1S/C22H21N3O5S/c26-21-14-29-12-11-25(21)18-7-5-17(6-8-18)24-31(27,28)19-9-3-15(4-10-19)20-13-23-22(30-20)16-1-2-16/h3-10,13,16,24H,1-2,11-12,14H2. The van der Waals surface area contributed by atoms with E-state index in [9.17, 15) is 13.2 Å². The molecule has 0 spiro atoms. The van der Waals surface area contributed by atoms with E-state index in [1.165, 1.54) is 12.1 Å². The summed E-state index contributed by atoms with van der Waals surface area (Å²) in [5.41, 5.74) is 1.90. The third-order valence-electron chi connectivity index (χ3n) is 5.32. The minimum Gasteiger partial charge on any atom is -0.440 e. The summed E-state index contributed by atoms with van der Waals surface area (Å²) >= 11 is 0. The Morgan fingerprint density at radius 2 is 1.77 bits per heavy atom. The van der Waals surface area contributed by atoms with Gasteiger partial charge < -0.3 is 14.1 Å². The number of nitrogens with one attached hydrogen (secondary N) is 1. The average molecular weight is 439 g/mol. The molecule has 9 heteroatoms. The van der Waals surface area contributed by atoms with Crippen LogP contribution in [0, 0.1) is 0 Å². The molecule has 0 radical (unpaired) electrons. The molecule has 0 bridgehead atoms. The second-order valence-corrected chi connectivity index (χ2v) is 9.29. The number of anilines is 2. The van der Waals surface area contributed by atoms with Crippen molar-refractivity contribution in [2.75, 3.05) is 29.4 Å². The number of ether oxygens (including phenoxy) is 1. The lowest BCUT2D eigenvalue weighted by Gasteiger charge is -2.26. The molecule has 1 aromatic heterocycles. The van der Waals surface area contributed by atoms with E-state index in [-0.39, 0.29) is 17.4 Å². The van der Waals surface area contributed by atoms with Crippen LogP contribution in [0.25, 0.3) is 11.3 Å². The van der Waals surface area contributed by atoms with Gasteiger partial charge in [0.25, 0.3) is 15.9 Å². The average Bonchev–Trinajstić information content (AvgIpc) is 3.51. The molecule has 2 heterocycles. The monoisotopic (exact) mass is 439 g/mol. The van der Waals surface area contributed by atoms with Crippen molar-refractivity contribution in [2.45, 2.75) is 23.7 Å². The van der Waals surface area contributed by atoms with Gasteiger partial charge in [0, 0.05) is 29.4 Å². The van der Waals surface area contributed by atoms with Crippen molar-refractivity contribution in [2.24, 2.45) is 0 Å². The topological polar surface area (TPSA) is 102 Å². The van der Waals surface area contributed by atoms with Crippen LogP contribution in [0.3, 0.4) is 0 Å². The maximum atomic E-state index is 12.8. The van der Waals surface area contributed by atoms with Crippen molar-refractivity contribution in [1.82, 2.24) is 4.98 Å². The van der Waals surface area contributed by atoms with Gasteiger partial charge in [-0.3, -0.25) is 9.52 Å². The van der Waals surface area contributed by atoms with E-state index >= 15 is 0 Å². The molecule has 1 aliphatic carbocycles. The highest BCUT2D eigenvalue weighted by Gasteiger charge is 2.28. The summed E-state index contributed by atoms with van der Waals surface area (Å²) in [5.74, 6) is 1.68. The van der Waals surface area contributed by atoms with Gasteiger partial charge in [0.2, 0.25) is 0 Å². The Bertz CT molecular complexity index is 1200. The van der Waals surface area contributed by atoms with E-state index in [2.05, 4.69) is 9.71 Å². The Balaban J connectivity index is 1.29. The van der Waals surface area contributed by atoms with Crippen LogP contribution in [0.5, 0.6) is 0 Å². The van der Waals surface area contributed by atoms with Crippen LogP contribution in [-0.2, 0) is 19.6 Å². The number of sulfonamides is 1. The molecule has 1 aliphatic heterocycles. The maximum Gasteiger partial charge on any atom is 0.261 e. The maximum absolute atomic E-state index is 12.8. The molecule has 2 fully saturated rings. The number of carbonyl (C=O) groups is 1. The summed E-state index contributed by atoms with van der Waals surface area (Å²) < 4.78 is 39.0. The van der Waals surface area contributed by atoms with Crippen LogP contribution < -0.4 is 9.62 Å². The van der Waals surface area contributed by atoms with Crippen molar-refractivity contribution in [3.8, 4) is 11.3 Å². The number of hydrogen-bond donors (Lipinski definition) is 1. The molecule has 2 aromatic carbocycles. The smallest absolute Gasteiger partial charge is 0.261 e. The Morgan fingerprint density at radius 1 is 1.03 bits per heavy atom. The number of rotatable bonds is 6. The summed E-state index contributed by atoms with van der Waals surface area (Å²) in [5, 5.41) is 0. The second-order valence-electron chi connectivity index (χ2n) is 7.61. The zero-order chi connectivity index (χ0) is 21.4. The fourth-order valence-corrected chi connectivity index (χ4v) is 4.51. The highest BCUT2D eigenvalue weighted by molar-refractivity contribution is 7.92. The van der Waals surface area contributed by atoms with Crippen LogP contribution in [0.2, 0.25) is 0 Å². The summed E-state index contributed by atoms with van der Waals surface area (Å²) in [4.78, 5) is 18.0. The van der Waals surface area contributed by atoms with Crippen molar-refractivity contribution < 1.29 is 22.4 Å². The first-order valence-electron chi connectivity index (χ1n) is 10.1. The minimum atomic E-state index is -3.76. The summed E-state index contributed by atoms with van der Waals surface area (Å²) in [6.07, 6.45) is 3.88. The first kappa shape index (κ1) is 19.8. The lowest BCUT2D eigenvalue weighted by Crippen LogP contribution is -2.41. The third kappa shape index (κ3) is 4.19. The normalized spacial score (nSPS) is 17.0. The zero-order valence-electron chi connectivity index (χ0n) is 16.7. The Morgan fingerprint density at radius 3 is 2.45 bits per heavy atom. The molecule has 1 saturated heterocycles. The van der Waals surface area contributed by atoms with Crippen LogP contribution in [0.1, 0.15) is 24.7 Å². The molecule has 1 N–H and O–H groups in total. The molecule has 0 unspecified atom stereocenters. The predicted octanol–water partition coefficient (Wildman–Crippen LogP) is 3.38. The molecule has 5 rings (SSSR count). The van der Waals surface area contributed by atoms with E-state index in [0.717, 1.165) is 24.3 Å². The third-order valence-corrected chi connectivity index (χ3v) is 6.71. The lowest BCUT2D eigenvalue weighted by atomic mass is 10.2. The molecule has 1 saturated carbocycles. The highest BCUT2D eigenvalue weighted by Crippen LogP contribution is 2.40. The number of carbonyl (C=O) groups excluding carboxylic acids is 1. The van der Waals surface area contributed by atoms with Gasteiger partial charge in [-0.2, -0.15) is 0 Å². The summed E-state index contributed by atoms with van der Waals surface area (Å²) in [6, 6.07) is 13.2. The van der Waals surface area contributed by atoms with Crippen molar-refractivity contribution >= 4 is 27.3 Å². The van der Waals surface area contributed by atoms with Gasteiger partial charge in [0.1, 0.15) is 6.61 Å². The Labute approximate surface area is 179 Å². The van der Waals surface area contributed by atoms with E-state index < -0.39 is 10.0 Å². The first-order chi connectivity index (χ1) is 15.0. The lowest BCUT2D eigenvalue weighted by molar-refractivity contribution is -0.125.